The first kappa shape index (κ1) is 15.0. The first-order chi connectivity index (χ1) is 9.01. The van der Waals surface area contributed by atoms with Gasteiger partial charge < -0.3 is 15.2 Å². The molecular formula is C14H19NO4. The smallest absolute Gasteiger partial charge is 0.303 e. The number of carboxylic acids is 1. The zero-order chi connectivity index (χ0) is 14.3. The highest BCUT2D eigenvalue weighted by atomic mass is 16.5. The van der Waals surface area contributed by atoms with Gasteiger partial charge in [0.25, 0.3) is 0 Å². The number of amides is 1. The van der Waals surface area contributed by atoms with Crippen LogP contribution in [-0.2, 0) is 9.59 Å². The molecule has 0 aromatic heterocycles. The van der Waals surface area contributed by atoms with Gasteiger partial charge in [-0.05, 0) is 37.6 Å². The highest BCUT2D eigenvalue weighted by molar-refractivity contribution is 5.92. The van der Waals surface area contributed by atoms with Crippen molar-refractivity contribution >= 4 is 17.6 Å². The Morgan fingerprint density at radius 3 is 2.42 bits per heavy atom. The van der Waals surface area contributed by atoms with Crippen LogP contribution in [0.1, 0.15) is 33.1 Å². The Balaban J connectivity index is 2.47. The standard InChI is InChI=1S/C14H19NO4/c1-3-10(2)19-12-6-4-11(5-7-12)15-13(16)8-9-14(17)18/h4-7,10H,3,8-9H2,1-2H3,(H,15,16)(H,17,18). The molecule has 1 unspecified atom stereocenters. The Morgan fingerprint density at radius 2 is 1.89 bits per heavy atom. The van der Waals surface area contributed by atoms with E-state index in [2.05, 4.69) is 5.32 Å². The molecule has 0 radical (unpaired) electrons. The molecule has 5 nitrogen and oxygen atoms in total. The molecule has 1 amide bonds. The second-order valence-corrected chi connectivity index (χ2v) is 4.30. The Kier molecular flexibility index (Phi) is 5.85. The minimum absolute atomic E-state index is 0.0273. The fourth-order valence-electron chi connectivity index (χ4n) is 1.38. The summed E-state index contributed by atoms with van der Waals surface area (Å²) in [5.74, 6) is -0.539. The summed E-state index contributed by atoms with van der Waals surface area (Å²) in [6, 6.07) is 7.02. The van der Waals surface area contributed by atoms with E-state index in [0.29, 0.717) is 5.69 Å². The number of benzene rings is 1. The van der Waals surface area contributed by atoms with Crippen molar-refractivity contribution < 1.29 is 19.4 Å². The van der Waals surface area contributed by atoms with Crippen LogP contribution in [0, 0.1) is 0 Å². The number of rotatable bonds is 7. The molecule has 19 heavy (non-hydrogen) atoms. The van der Waals surface area contributed by atoms with Gasteiger partial charge in [-0.3, -0.25) is 9.59 Å². The predicted octanol–water partition coefficient (Wildman–Crippen LogP) is 2.67. The van der Waals surface area contributed by atoms with E-state index in [9.17, 15) is 9.59 Å². The maximum Gasteiger partial charge on any atom is 0.303 e. The molecule has 5 heteroatoms. The van der Waals surface area contributed by atoms with Gasteiger partial charge in [0, 0.05) is 12.1 Å². The Labute approximate surface area is 112 Å². The van der Waals surface area contributed by atoms with Crippen LogP contribution in [0.5, 0.6) is 5.75 Å². The van der Waals surface area contributed by atoms with E-state index < -0.39 is 5.97 Å². The van der Waals surface area contributed by atoms with Crippen molar-refractivity contribution in [1.29, 1.82) is 0 Å². The zero-order valence-corrected chi connectivity index (χ0v) is 11.2. The number of carbonyl (C=O) groups is 2. The van der Waals surface area contributed by atoms with E-state index in [1.807, 2.05) is 13.8 Å². The average Bonchev–Trinajstić information content (AvgIpc) is 2.38. The normalized spacial score (nSPS) is 11.7. The SMILES string of the molecule is CCC(C)Oc1ccc(NC(=O)CCC(=O)O)cc1. The summed E-state index contributed by atoms with van der Waals surface area (Å²) in [4.78, 5) is 21.8. The third kappa shape index (κ3) is 5.90. The van der Waals surface area contributed by atoms with Gasteiger partial charge in [0.2, 0.25) is 5.91 Å². The molecule has 1 aromatic carbocycles. The molecule has 0 saturated carbocycles. The summed E-state index contributed by atoms with van der Waals surface area (Å²) in [6.07, 6.45) is 0.880. The van der Waals surface area contributed by atoms with Gasteiger partial charge in [-0.1, -0.05) is 6.92 Å². The molecule has 0 bridgehead atoms. The molecule has 2 N–H and O–H groups in total. The van der Waals surface area contributed by atoms with Gasteiger partial charge >= 0.3 is 5.97 Å². The fourth-order valence-corrected chi connectivity index (χ4v) is 1.38. The van der Waals surface area contributed by atoms with Gasteiger partial charge in [-0.15, -0.1) is 0 Å². The molecule has 0 aliphatic rings. The van der Waals surface area contributed by atoms with E-state index in [1.54, 1.807) is 24.3 Å². The molecule has 1 aromatic rings. The molecule has 0 aliphatic heterocycles. The van der Waals surface area contributed by atoms with Crippen LogP contribution in [0.25, 0.3) is 0 Å². The van der Waals surface area contributed by atoms with Crippen molar-refractivity contribution in [3.8, 4) is 5.75 Å². The molecular weight excluding hydrogens is 246 g/mol. The molecule has 1 rings (SSSR count). The highest BCUT2D eigenvalue weighted by Crippen LogP contribution is 2.17. The molecule has 0 heterocycles. The highest BCUT2D eigenvalue weighted by Gasteiger charge is 2.06. The largest absolute Gasteiger partial charge is 0.491 e. The first-order valence-electron chi connectivity index (χ1n) is 6.29. The topological polar surface area (TPSA) is 75.6 Å². The van der Waals surface area contributed by atoms with Gasteiger partial charge in [-0.2, -0.15) is 0 Å². The maximum atomic E-state index is 11.4. The number of carboxylic acid groups (broad SMARTS) is 1. The van der Waals surface area contributed by atoms with Crippen LogP contribution in [0.15, 0.2) is 24.3 Å². The van der Waals surface area contributed by atoms with Crippen LogP contribution in [0.4, 0.5) is 5.69 Å². The molecule has 0 saturated heterocycles. The number of anilines is 1. The minimum atomic E-state index is -0.979. The fraction of sp³-hybridized carbons (Fsp3) is 0.429. The van der Waals surface area contributed by atoms with E-state index in [-0.39, 0.29) is 24.9 Å². The van der Waals surface area contributed by atoms with Crippen LogP contribution in [-0.4, -0.2) is 23.1 Å². The summed E-state index contributed by atoms with van der Waals surface area (Å²) in [5, 5.41) is 11.1. The van der Waals surface area contributed by atoms with Gasteiger partial charge in [0.1, 0.15) is 5.75 Å². The minimum Gasteiger partial charge on any atom is -0.491 e. The Hall–Kier alpha value is -2.04. The summed E-state index contributed by atoms with van der Waals surface area (Å²) in [6.45, 7) is 4.03. The first-order valence-corrected chi connectivity index (χ1v) is 6.29. The number of carbonyl (C=O) groups excluding carboxylic acids is 1. The average molecular weight is 265 g/mol. The number of hydrogen-bond acceptors (Lipinski definition) is 3. The Bertz CT molecular complexity index is 428. The van der Waals surface area contributed by atoms with Crippen LogP contribution in [0.3, 0.4) is 0 Å². The summed E-state index contributed by atoms with van der Waals surface area (Å²) in [7, 11) is 0. The molecule has 1 atom stereocenters. The second kappa shape index (κ2) is 7.41. The van der Waals surface area contributed by atoms with Gasteiger partial charge in [0.15, 0.2) is 0 Å². The van der Waals surface area contributed by atoms with E-state index in [1.165, 1.54) is 0 Å². The van der Waals surface area contributed by atoms with Crippen molar-refractivity contribution in [3.05, 3.63) is 24.3 Å². The summed E-state index contributed by atoms with van der Waals surface area (Å²) in [5.41, 5.74) is 0.631. The van der Waals surface area contributed by atoms with E-state index >= 15 is 0 Å². The van der Waals surface area contributed by atoms with Crippen molar-refractivity contribution in [3.63, 3.8) is 0 Å². The third-order valence-electron chi connectivity index (χ3n) is 2.62. The lowest BCUT2D eigenvalue weighted by atomic mass is 10.2. The second-order valence-electron chi connectivity index (χ2n) is 4.30. The molecule has 0 fully saturated rings. The predicted molar refractivity (Wildman–Crippen MR) is 72.3 cm³/mol. The molecule has 104 valence electrons. The Morgan fingerprint density at radius 1 is 1.26 bits per heavy atom. The van der Waals surface area contributed by atoms with E-state index in [0.717, 1.165) is 12.2 Å². The summed E-state index contributed by atoms with van der Waals surface area (Å²) < 4.78 is 5.61. The molecule has 0 spiro atoms. The number of aliphatic carboxylic acids is 1. The number of nitrogens with one attached hydrogen (secondary N) is 1. The van der Waals surface area contributed by atoms with E-state index in [4.69, 9.17) is 9.84 Å². The number of ether oxygens (including phenoxy) is 1. The third-order valence-corrected chi connectivity index (χ3v) is 2.62. The monoisotopic (exact) mass is 265 g/mol. The van der Waals surface area contributed by atoms with Crippen LogP contribution < -0.4 is 10.1 Å². The lowest BCUT2D eigenvalue weighted by molar-refractivity contribution is -0.138. The van der Waals surface area contributed by atoms with Crippen molar-refractivity contribution in [2.45, 2.75) is 39.2 Å². The van der Waals surface area contributed by atoms with Crippen molar-refractivity contribution in [2.75, 3.05) is 5.32 Å². The van der Waals surface area contributed by atoms with Crippen molar-refractivity contribution in [2.24, 2.45) is 0 Å². The zero-order valence-electron chi connectivity index (χ0n) is 11.2. The number of hydrogen-bond donors (Lipinski definition) is 2. The van der Waals surface area contributed by atoms with Crippen LogP contribution in [0.2, 0.25) is 0 Å². The lowest BCUT2D eigenvalue weighted by Gasteiger charge is -2.13. The van der Waals surface area contributed by atoms with Crippen molar-refractivity contribution in [1.82, 2.24) is 0 Å². The maximum absolute atomic E-state index is 11.4. The van der Waals surface area contributed by atoms with Gasteiger partial charge in [-0.25, -0.2) is 0 Å². The van der Waals surface area contributed by atoms with Gasteiger partial charge in [0.05, 0.1) is 12.5 Å². The van der Waals surface area contributed by atoms with Crippen LogP contribution >= 0.6 is 0 Å². The lowest BCUT2D eigenvalue weighted by Crippen LogP contribution is -2.13. The summed E-state index contributed by atoms with van der Waals surface area (Å²) >= 11 is 0. The molecule has 0 aliphatic carbocycles. The quantitative estimate of drug-likeness (QED) is 0.794.